The predicted molar refractivity (Wildman–Crippen MR) is 114 cm³/mol. The Morgan fingerprint density at radius 1 is 1.18 bits per heavy atom. The summed E-state index contributed by atoms with van der Waals surface area (Å²) in [4.78, 5) is 18.8. The topological polar surface area (TPSA) is 78.0 Å². The number of guanidine groups is 1. The van der Waals surface area contributed by atoms with Gasteiger partial charge >= 0.3 is 0 Å². The van der Waals surface area contributed by atoms with Crippen LogP contribution in [0.5, 0.6) is 5.75 Å². The first-order valence-electron chi connectivity index (χ1n) is 10.3. The van der Waals surface area contributed by atoms with Gasteiger partial charge in [0.05, 0.1) is 13.2 Å². The van der Waals surface area contributed by atoms with E-state index >= 15 is 0 Å². The highest BCUT2D eigenvalue weighted by atomic mass is 16.5. The molecular formula is C21H35N5O2. The second-order valence-electron chi connectivity index (χ2n) is 6.93. The summed E-state index contributed by atoms with van der Waals surface area (Å²) in [5.41, 5.74) is 1.18. The number of rotatable bonds is 10. The maximum absolute atomic E-state index is 11.9. The molecule has 2 rings (SSSR count). The zero-order valence-corrected chi connectivity index (χ0v) is 17.5. The minimum Gasteiger partial charge on any atom is -0.496 e. The van der Waals surface area contributed by atoms with Crippen LogP contribution in [0.4, 0.5) is 0 Å². The zero-order valence-electron chi connectivity index (χ0n) is 17.5. The summed E-state index contributed by atoms with van der Waals surface area (Å²) in [6, 6.07) is 8.38. The molecular weight excluding hydrogens is 354 g/mol. The Morgan fingerprint density at radius 2 is 1.93 bits per heavy atom. The van der Waals surface area contributed by atoms with Crippen LogP contribution < -0.4 is 20.7 Å². The molecule has 1 heterocycles. The summed E-state index contributed by atoms with van der Waals surface area (Å²) in [7, 11) is 1.72. The van der Waals surface area contributed by atoms with Crippen molar-refractivity contribution in [2.75, 3.05) is 46.4 Å². The normalized spacial score (nSPS) is 15.9. The van der Waals surface area contributed by atoms with E-state index in [9.17, 15) is 4.79 Å². The third-order valence-electron chi connectivity index (χ3n) is 4.84. The van der Waals surface area contributed by atoms with Gasteiger partial charge in [-0.15, -0.1) is 0 Å². The van der Waals surface area contributed by atoms with Crippen LogP contribution in [0.1, 0.15) is 44.7 Å². The van der Waals surface area contributed by atoms with Gasteiger partial charge in [0.25, 0.3) is 0 Å². The Labute approximate surface area is 168 Å². The van der Waals surface area contributed by atoms with Crippen LogP contribution in [-0.2, 0) is 4.79 Å². The molecule has 1 fully saturated rings. The molecule has 3 N–H and O–H groups in total. The van der Waals surface area contributed by atoms with E-state index in [-0.39, 0.29) is 18.5 Å². The molecule has 1 atom stereocenters. The molecule has 0 bridgehead atoms. The van der Waals surface area contributed by atoms with Crippen LogP contribution in [0.3, 0.4) is 0 Å². The molecule has 1 saturated heterocycles. The van der Waals surface area contributed by atoms with Crippen molar-refractivity contribution in [3.05, 3.63) is 29.8 Å². The molecule has 1 aliphatic heterocycles. The van der Waals surface area contributed by atoms with Gasteiger partial charge in [0.2, 0.25) is 5.91 Å². The van der Waals surface area contributed by atoms with Crippen molar-refractivity contribution in [1.29, 1.82) is 0 Å². The van der Waals surface area contributed by atoms with Crippen molar-refractivity contribution in [1.82, 2.24) is 20.9 Å². The summed E-state index contributed by atoms with van der Waals surface area (Å²) >= 11 is 0. The van der Waals surface area contributed by atoms with E-state index in [0.717, 1.165) is 31.8 Å². The number of amides is 1. The first-order valence-corrected chi connectivity index (χ1v) is 10.3. The van der Waals surface area contributed by atoms with E-state index in [1.807, 2.05) is 26.0 Å². The third-order valence-corrected chi connectivity index (χ3v) is 4.84. The molecule has 0 aromatic heterocycles. The van der Waals surface area contributed by atoms with Gasteiger partial charge in [-0.05, 0) is 45.3 Å². The summed E-state index contributed by atoms with van der Waals surface area (Å²) in [5, 5.41) is 9.50. The third kappa shape index (κ3) is 6.71. The standard InChI is InChI=1S/C21H35N5O2/c1-4-12-23-20(27)16-25-21(22-5-2)24-15-18(26-13-8-9-14-26)17-10-6-7-11-19(17)28-3/h6-7,10-11,18H,4-5,8-9,12-16H2,1-3H3,(H,23,27)(H2,22,24,25). The van der Waals surface area contributed by atoms with Gasteiger partial charge in [0, 0.05) is 25.2 Å². The average molecular weight is 390 g/mol. The number of aliphatic imine (C=N–C) groups is 1. The number of carbonyl (C=O) groups excluding carboxylic acids is 1. The Morgan fingerprint density at radius 3 is 2.61 bits per heavy atom. The van der Waals surface area contributed by atoms with E-state index in [1.165, 1.54) is 18.4 Å². The van der Waals surface area contributed by atoms with E-state index in [4.69, 9.17) is 4.74 Å². The van der Waals surface area contributed by atoms with Crippen LogP contribution >= 0.6 is 0 Å². The second kappa shape index (κ2) is 12.2. The number of para-hydroxylation sites is 1. The highest BCUT2D eigenvalue weighted by molar-refractivity contribution is 5.84. The molecule has 0 radical (unpaired) electrons. The van der Waals surface area contributed by atoms with Gasteiger partial charge in [-0.3, -0.25) is 9.69 Å². The molecule has 0 saturated carbocycles. The fraction of sp³-hybridized carbons (Fsp3) is 0.619. The molecule has 7 heteroatoms. The summed E-state index contributed by atoms with van der Waals surface area (Å²) < 4.78 is 5.60. The van der Waals surface area contributed by atoms with E-state index < -0.39 is 0 Å². The second-order valence-corrected chi connectivity index (χ2v) is 6.93. The average Bonchev–Trinajstić information content (AvgIpc) is 3.25. The highest BCUT2D eigenvalue weighted by Gasteiger charge is 2.26. The predicted octanol–water partition coefficient (Wildman–Crippen LogP) is 1.91. The Kier molecular flexibility index (Phi) is 9.62. The first-order chi connectivity index (χ1) is 13.7. The van der Waals surface area contributed by atoms with Crippen molar-refractivity contribution in [2.45, 2.75) is 39.2 Å². The quantitative estimate of drug-likeness (QED) is 0.421. The molecule has 1 aromatic rings. The monoisotopic (exact) mass is 389 g/mol. The van der Waals surface area contributed by atoms with E-state index in [2.05, 4.69) is 38.0 Å². The lowest BCUT2D eigenvalue weighted by molar-refractivity contribution is -0.119. The smallest absolute Gasteiger partial charge is 0.241 e. The lowest BCUT2D eigenvalue weighted by Crippen LogP contribution is -2.43. The first kappa shape index (κ1) is 22.0. The lowest BCUT2D eigenvalue weighted by atomic mass is 10.0. The Hall–Kier alpha value is -2.28. The van der Waals surface area contributed by atoms with Gasteiger partial charge in [-0.2, -0.15) is 0 Å². The molecule has 156 valence electrons. The van der Waals surface area contributed by atoms with Gasteiger partial charge < -0.3 is 20.7 Å². The van der Waals surface area contributed by atoms with Crippen LogP contribution in [-0.4, -0.2) is 63.1 Å². The Balaban J connectivity index is 2.08. The number of nitrogens with one attached hydrogen (secondary N) is 3. The number of methoxy groups -OCH3 is 1. The number of carbonyl (C=O) groups is 1. The summed E-state index contributed by atoms with van der Waals surface area (Å²) in [6.45, 7) is 8.46. The van der Waals surface area contributed by atoms with Crippen LogP contribution in [0.15, 0.2) is 29.3 Å². The number of hydrogen-bond acceptors (Lipinski definition) is 4. The van der Waals surface area contributed by atoms with Crippen molar-refractivity contribution in [3.8, 4) is 5.75 Å². The van der Waals surface area contributed by atoms with Gasteiger partial charge in [-0.25, -0.2) is 4.99 Å². The molecule has 0 aliphatic carbocycles. The summed E-state index contributed by atoms with van der Waals surface area (Å²) in [6.07, 6.45) is 3.36. The van der Waals surface area contributed by atoms with Gasteiger partial charge in [0.1, 0.15) is 12.3 Å². The number of ether oxygens (including phenoxy) is 1. The molecule has 1 unspecified atom stereocenters. The molecule has 1 aliphatic rings. The maximum atomic E-state index is 11.9. The van der Waals surface area contributed by atoms with Crippen molar-refractivity contribution in [2.24, 2.45) is 4.99 Å². The fourth-order valence-electron chi connectivity index (χ4n) is 3.44. The SMILES string of the molecule is CCCNC(=O)CN=C(NCC)NCC(c1ccccc1OC)N1CCCC1. The zero-order chi connectivity index (χ0) is 20.2. The Bertz CT molecular complexity index is 629. The number of nitrogens with zero attached hydrogens (tertiary/aromatic N) is 2. The minimum absolute atomic E-state index is 0.0557. The van der Waals surface area contributed by atoms with Crippen molar-refractivity contribution < 1.29 is 9.53 Å². The number of hydrogen-bond donors (Lipinski definition) is 3. The fourth-order valence-corrected chi connectivity index (χ4v) is 3.44. The van der Waals surface area contributed by atoms with Crippen LogP contribution in [0.2, 0.25) is 0 Å². The van der Waals surface area contributed by atoms with E-state index in [0.29, 0.717) is 19.0 Å². The molecule has 1 aromatic carbocycles. The maximum Gasteiger partial charge on any atom is 0.241 e. The van der Waals surface area contributed by atoms with Crippen LogP contribution in [0.25, 0.3) is 0 Å². The van der Waals surface area contributed by atoms with Crippen LogP contribution in [0, 0.1) is 0 Å². The van der Waals surface area contributed by atoms with Gasteiger partial charge in [-0.1, -0.05) is 25.1 Å². The van der Waals surface area contributed by atoms with Crippen molar-refractivity contribution >= 4 is 11.9 Å². The lowest BCUT2D eigenvalue weighted by Gasteiger charge is -2.30. The molecule has 0 spiro atoms. The molecule has 7 nitrogen and oxygen atoms in total. The number of likely N-dealkylation sites (tertiary alicyclic amines) is 1. The minimum atomic E-state index is -0.0557. The highest BCUT2D eigenvalue weighted by Crippen LogP contribution is 2.31. The van der Waals surface area contributed by atoms with Gasteiger partial charge in [0.15, 0.2) is 5.96 Å². The molecule has 1 amide bonds. The number of benzene rings is 1. The van der Waals surface area contributed by atoms with E-state index in [1.54, 1.807) is 7.11 Å². The molecule has 28 heavy (non-hydrogen) atoms. The largest absolute Gasteiger partial charge is 0.496 e. The van der Waals surface area contributed by atoms with Crippen molar-refractivity contribution in [3.63, 3.8) is 0 Å². The summed E-state index contributed by atoms with van der Waals surface area (Å²) in [5.74, 6) is 1.51.